The molecule has 0 radical (unpaired) electrons. The van der Waals surface area contributed by atoms with E-state index in [-0.39, 0.29) is 48.8 Å². The van der Waals surface area contributed by atoms with E-state index in [0.717, 1.165) is 0 Å². The first kappa shape index (κ1) is 31.6. The predicted molar refractivity (Wildman–Crippen MR) is 152 cm³/mol. The van der Waals surface area contributed by atoms with E-state index in [9.17, 15) is 39.7 Å². The summed E-state index contributed by atoms with van der Waals surface area (Å²) in [6, 6.07) is 14.8. The molecule has 42 heavy (non-hydrogen) atoms. The highest BCUT2D eigenvalue weighted by molar-refractivity contribution is 5.93. The number of carbonyl (C=O) groups is 4. The molecule has 3 aromatic rings. The third-order valence-electron chi connectivity index (χ3n) is 6.42. The lowest BCUT2D eigenvalue weighted by atomic mass is 10.0. The van der Waals surface area contributed by atoms with Gasteiger partial charge in [-0.1, -0.05) is 36.4 Å². The van der Waals surface area contributed by atoms with Crippen LogP contribution in [0.3, 0.4) is 0 Å². The Labute approximate surface area is 242 Å². The number of phenolic OH excluding ortho intramolecular Hbond substituents is 3. The van der Waals surface area contributed by atoms with Crippen LogP contribution in [0.1, 0.15) is 23.6 Å². The number of rotatable bonds is 14. The van der Waals surface area contributed by atoms with E-state index in [0.29, 0.717) is 16.7 Å². The van der Waals surface area contributed by atoms with Gasteiger partial charge in [0.05, 0.1) is 12.6 Å². The Morgan fingerprint density at radius 2 is 0.905 bits per heavy atom. The van der Waals surface area contributed by atoms with Crippen LogP contribution in [-0.4, -0.2) is 68.7 Å². The van der Waals surface area contributed by atoms with Crippen molar-refractivity contribution in [1.29, 1.82) is 0 Å². The molecule has 0 fully saturated rings. The minimum absolute atomic E-state index is 0.0107. The maximum atomic E-state index is 13.5. The molecule has 12 nitrogen and oxygen atoms in total. The molecule has 3 aromatic carbocycles. The molecule has 3 amide bonds. The molecule has 0 aromatic heterocycles. The van der Waals surface area contributed by atoms with Crippen molar-refractivity contribution in [2.75, 3.05) is 6.54 Å². The molecule has 8 N–H and O–H groups in total. The SMILES string of the molecule is CC(=O)CN[C@@H](Cc1ccc(O)cc1)C(=O)N[C@@H](Cc1ccc(O)cc1)C(=O)N[C@@H](Cc1ccc(O)cc1)C(=O)NO. The summed E-state index contributed by atoms with van der Waals surface area (Å²) in [4.78, 5) is 51.1. The average molecular weight is 579 g/mol. The zero-order valence-electron chi connectivity index (χ0n) is 22.9. The molecule has 3 atom stereocenters. The van der Waals surface area contributed by atoms with Crippen LogP contribution in [0.4, 0.5) is 0 Å². The average Bonchev–Trinajstić information content (AvgIpc) is 2.97. The minimum Gasteiger partial charge on any atom is -0.508 e. The second-order valence-corrected chi connectivity index (χ2v) is 9.85. The second-order valence-electron chi connectivity index (χ2n) is 9.85. The van der Waals surface area contributed by atoms with E-state index >= 15 is 0 Å². The summed E-state index contributed by atoms with van der Waals surface area (Å²) in [7, 11) is 0. The highest BCUT2D eigenvalue weighted by atomic mass is 16.5. The van der Waals surface area contributed by atoms with Gasteiger partial charge in [-0.25, -0.2) is 5.48 Å². The Balaban J connectivity index is 1.84. The van der Waals surface area contributed by atoms with Gasteiger partial charge in [0.15, 0.2) is 0 Å². The van der Waals surface area contributed by atoms with E-state index in [2.05, 4.69) is 16.0 Å². The number of amides is 3. The van der Waals surface area contributed by atoms with Gasteiger partial charge in [-0.3, -0.25) is 29.7 Å². The summed E-state index contributed by atoms with van der Waals surface area (Å²) in [6.07, 6.45) is 0.106. The highest BCUT2D eigenvalue weighted by Crippen LogP contribution is 2.15. The normalized spacial score (nSPS) is 12.9. The number of Topliss-reactive ketones (excluding diaryl/α,β-unsaturated/α-hetero) is 1. The van der Waals surface area contributed by atoms with E-state index in [1.54, 1.807) is 36.4 Å². The van der Waals surface area contributed by atoms with Crippen LogP contribution in [0.25, 0.3) is 0 Å². The fourth-order valence-electron chi connectivity index (χ4n) is 4.17. The first-order chi connectivity index (χ1) is 20.0. The largest absolute Gasteiger partial charge is 0.508 e. The molecule has 0 aliphatic rings. The zero-order valence-corrected chi connectivity index (χ0v) is 22.9. The Morgan fingerprint density at radius 3 is 1.26 bits per heavy atom. The van der Waals surface area contributed by atoms with Gasteiger partial charge in [-0.2, -0.15) is 0 Å². The van der Waals surface area contributed by atoms with Crippen LogP contribution in [0, 0.1) is 0 Å². The van der Waals surface area contributed by atoms with Crippen molar-refractivity contribution in [2.24, 2.45) is 0 Å². The third kappa shape index (κ3) is 9.91. The standard InChI is InChI=1S/C30H34N4O8/c1-18(35)17-31-25(14-19-2-8-22(36)9-3-19)28(39)32-26(15-20-4-10-23(37)11-5-20)29(40)33-27(30(41)34-42)16-21-6-12-24(38)13-7-21/h2-13,25-27,31,36-38,42H,14-17H2,1H3,(H,32,39)(H,33,40)(H,34,41)/t25-,26-,27-/m0/s1. The molecule has 12 heteroatoms. The van der Waals surface area contributed by atoms with Gasteiger partial charge < -0.3 is 26.0 Å². The molecular weight excluding hydrogens is 544 g/mol. The van der Waals surface area contributed by atoms with Crippen molar-refractivity contribution >= 4 is 23.5 Å². The monoisotopic (exact) mass is 578 g/mol. The number of hydroxylamine groups is 1. The van der Waals surface area contributed by atoms with Crippen LogP contribution in [0.2, 0.25) is 0 Å². The van der Waals surface area contributed by atoms with Gasteiger partial charge in [0.1, 0.15) is 35.1 Å². The number of nitrogens with one attached hydrogen (secondary N) is 4. The molecule has 0 unspecified atom stereocenters. The fraction of sp³-hybridized carbons (Fsp3) is 0.267. The molecule has 222 valence electrons. The summed E-state index contributed by atoms with van der Waals surface area (Å²) in [5.74, 6) is -2.33. The number of hydrogen-bond acceptors (Lipinski definition) is 9. The summed E-state index contributed by atoms with van der Waals surface area (Å²) in [5, 5.41) is 46.3. The van der Waals surface area contributed by atoms with Crippen molar-refractivity contribution in [1.82, 2.24) is 21.4 Å². The summed E-state index contributed by atoms with van der Waals surface area (Å²) >= 11 is 0. The Kier molecular flexibility index (Phi) is 11.4. The van der Waals surface area contributed by atoms with Crippen molar-refractivity contribution < 1.29 is 39.7 Å². The quantitative estimate of drug-likeness (QED) is 0.101. The summed E-state index contributed by atoms with van der Waals surface area (Å²) in [6.45, 7) is 1.26. The van der Waals surface area contributed by atoms with Gasteiger partial charge in [-0.15, -0.1) is 0 Å². The molecular formula is C30H34N4O8. The number of benzene rings is 3. The highest BCUT2D eigenvalue weighted by Gasteiger charge is 2.29. The topological polar surface area (TPSA) is 197 Å². The van der Waals surface area contributed by atoms with E-state index in [1.165, 1.54) is 48.8 Å². The van der Waals surface area contributed by atoms with Crippen molar-refractivity contribution in [2.45, 2.75) is 44.3 Å². The van der Waals surface area contributed by atoms with Gasteiger partial charge in [0.2, 0.25) is 11.8 Å². The summed E-state index contributed by atoms with van der Waals surface area (Å²) < 4.78 is 0. The van der Waals surface area contributed by atoms with E-state index in [4.69, 9.17) is 0 Å². The molecule has 3 rings (SSSR count). The Morgan fingerprint density at radius 1 is 0.571 bits per heavy atom. The van der Waals surface area contributed by atoms with Gasteiger partial charge >= 0.3 is 0 Å². The molecule has 0 saturated carbocycles. The van der Waals surface area contributed by atoms with Crippen LogP contribution in [0.5, 0.6) is 17.2 Å². The molecule has 0 aliphatic carbocycles. The molecule has 0 spiro atoms. The smallest absolute Gasteiger partial charge is 0.266 e. The lowest BCUT2D eigenvalue weighted by molar-refractivity contribution is -0.136. The molecule has 0 bridgehead atoms. The Hall–Kier alpha value is -4.94. The maximum Gasteiger partial charge on any atom is 0.266 e. The molecule has 0 saturated heterocycles. The van der Waals surface area contributed by atoms with Gasteiger partial charge in [-0.05, 0) is 66.4 Å². The van der Waals surface area contributed by atoms with E-state index < -0.39 is 35.8 Å². The van der Waals surface area contributed by atoms with Crippen LogP contribution in [0.15, 0.2) is 72.8 Å². The second kappa shape index (κ2) is 15.2. The van der Waals surface area contributed by atoms with Crippen LogP contribution >= 0.6 is 0 Å². The lowest BCUT2D eigenvalue weighted by Gasteiger charge is -2.25. The van der Waals surface area contributed by atoms with Gasteiger partial charge in [0.25, 0.3) is 5.91 Å². The lowest BCUT2D eigenvalue weighted by Crippen LogP contribution is -2.57. The van der Waals surface area contributed by atoms with Crippen LogP contribution in [-0.2, 0) is 38.4 Å². The van der Waals surface area contributed by atoms with Crippen molar-refractivity contribution in [3.8, 4) is 17.2 Å². The first-order valence-electron chi connectivity index (χ1n) is 13.1. The van der Waals surface area contributed by atoms with Crippen molar-refractivity contribution in [3.63, 3.8) is 0 Å². The number of hydrogen-bond donors (Lipinski definition) is 8. The number of aromatic hydroxyl groups is 3. The first-order valence-corrected chi connectivity index (χ1v) is 13.1. The maximum absolute atomic E-state index is 13.5. The number of phenols is 3. The molecule has 0 heterocycles. The predicted octanol–water partition coefficient (Wildman–Crippen LogP) is 0.853. The Bertz CT molecular complexity index is 1360. The molecule has 0 aliphatic heterocycles. The minimum atomic E-state index is -1.23. The van der Waals surface area contributed by atoms with Gasteiger partial charge in [0, 0.05) is 12.8 Å². The van der Waals surface area contributed by atoms with Crippen molar-refractivity contribution in [3.05, 3.63) is 89.5 Å². The zero-order chi connectivity index (χ0) is 30.6. The third-order valence-corrected chi connectivity index (χ3v) is 6.42. The fourth-order valence-corrected chi connectivity index (χ4v) is 4.17. The van der Waals surface area contributed by atoms with E-state index in [1.807, 2.05) is 0 Å². The van der Waals surface area contributed by atoms with Crippen LogP contribution < -0.4 is 21.4 Å². The number of carbonyl (C=O) groups excluding carboxylic acids is 4. The number of ketones is 1. The summed E-state index contributed by atoms with van der Waals surface area (Å²) in [5.41, 5.74) is 3.41.